The number of methoxy groups -OCH3 is 1. The molecule has 0 unspecified atom stereocenters. The van der Waals surface area contributed by atoms with Crippen molar-refractivity contribution in [3.8, 4) is 5.75 Å². The zero-order chi connectivity index (χ0) is 13.2. The quantitative estimate of drug-likeness (QED) is 0.874. The lowest BCUT2D eigenvalue weighted by Crippen LogP contribution is -2.46. The zero-order valence-electron chi connectivity index (χ0n) is 10.4. The molecule has 2 rings (SSSR count). The molecule has 1 saturated heterocycles. The fourth-order valence-corrected chi connectivity index (χ4v) is 4.30. The van der Waals surface area contributed by atoms with Crippen molar-refractivity contribution in [1.29, 1.82) is 0 Å². The first-order valence-electron chi connectivity index (χ1n) is 5.60. The van der Waals surface area contributed by atoms with Crippen LogP contribution in [0.25, 0.3) is 0 Å². The smallest absolute Gasteiger partial charge is 0.244 e. The summed E-state index contributed by atoms with van der Waals surface area (Å²) >= 11 is 3.29. The van der Waals surface area contributed by atoms with Crippen molar-refractivity contribution in [2.24, 2.45) is 0 Å². The summed E-state index contributed by atoms with van der Waals surface area (Å²) in [5.41, 5.74) is 0. The van der Waals surface area contributed by atoms with E-state index < -0.39 is 10.0 Å². The fourth-order valence-electron chi connectivity index (χ4n) is 1.84. The van der Waals surface area contributed by atoms with Crippen LogP contribution in [0.2, 0.25) is 0 Å². The second-order valence-corrected chi connectivity index (χ2v) is 6.71. The molecule has 0 amide bonds. The molecule has 1 aromatic rings. The van der Waals surface area contributed by atoms with Crippen molar-refractivity contribution in [2.75, 3.05) is 33.3 Å². The van der Waals surface area contributed by atoms with Crippen LogP contribution in [-0.2, 0) is 10.0 Å². The minimum absolute atomic E-state index is 0. The van der Waals surface area contributed by atoms with Gasteiger partial charge in [0.2, 0.25) is 10.0 Å². The molecule has 1 N–H and O–H groups in total. The highest BCUT2D eigenvalue weighted by Crippen LogP contribution is 2.28. The molecular weight excluding hydrogens is 356 g/mol. The molecule has 1 heterocycles. The molecule has 8 heteroatoms. The second kappa shape index (κ2) is 6.90. The largest absolute Gasteiger partial charge is 0.497 e. The van der Waals surface area contributed by atoms with Gasteiger partial charge in [0.05, 0.1) is 12.0 Å². The minimum atomic E-state index is -3.43. The van der Waals surface area contributed by atoms with Gasteiger partial charge < -0.3 is 10.1 Å². The first-order valence-corrected chi connectivity index (χ1v) is 7.83. The van der Waals surface area contributed by atoms with Crippen molar-refractivity contribution in [1.82, 2.24) is 9.62 Å². The molecule has 0 bridgehead atoms. The molecule has 1 aromatic carbocycles. The van der Waals surface area contributed by atoms with Gasteiger partial charge in [0.1, 0.15) is 5.75 Å². The summed E-state index contributed by atoms with van der Waals surface area (Å²) in [5, 5.41) is 3.13. The molecule has 0 spiro atoms. The summed E-state index contributed by atoms with van der Waals surface area (Å²) in [6.07, 6.45) is 0. The van der Waals surface area contributed by atoms with Gasteiger partial charge in [0, 0.05) is 30.7 Å². The predicted molar refractivity (Wildman–Crippen MR) is 79.6 cm³/mol. The number of hydrogen-bond donors (Lipinski definition) is 1. The molecule has 108 valence electrons. The molecule has 0 aromatic heterocycles. The third-order valence-electron chi connectivity index (χ3n) is 2.83. The van der Waals surface area contributed by atoms with Crippen LogP contribution >= 0.6 is 28.3 Å². The number of rotatable bonds is 3. The molecule has 0 saturated carbocycles. The predicted octanol–water partition coefficient (Wildman–Crippen LogP) is 1.47. The number of nitrogens with zero attached hydrogens (tertiary/aromatic N) is 1. The average Bonchev–Trinajstić information content (AvgIpc) is 2.39. The first kappa shape index (κ1) is 16.7. The van der Waals surface area contributed by atoms with Crippen LogP contribution in [0, 0.1) is 0 Å². The van der Waals surface area contributed by atoms with E-state index >= 15 is 0 Å². The summed E-state index contributed by atoms with van der Waals surface area (Å²) < 4.78 is 32.0. The van der Waals surface area contributed by atoms with Crippen LogP contribution in [0.3, 0.4) is 0 Å². The molecule has 1 aliphatic rings. The van der Waals surface area contributed by atoms with E-state index in [4.69, 9.17) is 4.74 Å². The van der Waals surface area contributed by atoms with Crippen molar-refractivity contribution < 1.29 is 13.2 Å². The summed E-state index contributed by atoms with van der Waals surface area (Å²) in [5.74, 6) is 0.626. The maximum atomic E-state index is 12.4. The zero-order valence-corrected chi connectivity index (χ0v) is 13.6. The Bertz CT molecular complexity index is 533. The Morgan fingerprint density at radius 2 is 1.95 bits per heavy atom. The normalized spacial score (nSPS) is 16.7. The second-order valence-electron chi connectivity index (χ2n) is 3.95. The minimum Gasteiger partial charge on any atom is -0.497 e. The van der Waals surface area contributed by atoms with Crippen LogP contribution in [-0.4, -0.2) is 46.0 Å². The van der Waals surface area contributed by atoms with E-state index in [-0.39, 0.29) is 17.3 Å². The van der Waals surface area contributed by atoms with Crippen LogP contribution < -0.4 is 10.1 Å². The Labute approximate surface area is 127 Å². The maximum Gasteiger partial charge on any atom is 0.244 e. The molecule has 5 nitrogen and oxygen atoms in total. The number of hydrogen-bond acceptors (Lipinski definition) is 4. The highest BCUT2D eigenvalue weighted by Gasteiger charge is 2.27. The summed E-state index contributed by atoms with van der Waals surface area (Å²) in [7, 11) is -1.88. The Hall–Kier alpha value is -0.340. The Kier molecular flexibility index (Phi) is 6.07. The van der Waals surface area contributed by atoms with Gasteiger partial charge in [-0.15, -0.1) is 12.4 Å². The van der Waals surface area contributed by atoms with Gasteiger partial charge in [0.15, 0.2) is 0 Å². The molecule has 0 radical (unpaired) electrons. The van der Waals surface area contributed by atoms with Crippen molar-refractivity contribution in [3.05, 3.63) is 22.7 Å². The number of halogens is 2. The topological polar surface area (TPSA) is 58.6 Å². The average molecular weight is 372 g/mol. The maximum absolute atomic E-state index is 12.4. The number of benzene rings is 1. The standard InChI is InChI=1S/C11H15BrN2O3S.ClH/c1-17-9-2-3-11(10(12)8-9)18(15,16)14-6-4-13-5-7-14;/h2-3,8,13H,4-7H2,1H3;1H. The van der Waals surface area contributed by atoms with Crippen LogP contribution in [0.15, 0.2) is 27.6 Å². The third kappa shape index (κ3) is 3.61. The third-order valence-corrected chi connectivity index (χ3v) is 5.71. The number of sulfonamides is 1. The van der Waals surface area contributed by atoms with Gasteiger partial charge in [-0.25, -0.2) is 8.42 Å². The lowest BCUT2D eigenvalue weighted by atomic mass is 10.3. The van der Waals surface area contributed by atoms with E-state index in [0.717, 1.165) is 0 Å². The fraction of sp³-hybridized carbons (Fsp3) is 0.455. The molecule has 0 aliphatic carbocycles. The van der Waals surface area contributed by atoms with Crippen LogP contribution in [0.4, 0.5) is 0 Å². The molecular formula is C11H16BrClN2O3S. The molecule has 19 heavy (non-hydrogen) atoms. The monoisotopic (exact) mass is 370 g/mol. The Balaban J connectivity index is 0.00000180. The van der Waals surface area contributed by atoms with Crippen molar-refractivity contribution >= 4 is 38.4 Å². The van der Waals surface area contributed by atoms with Crippen LogP contribution in [0.5, 0.6) is 5.75 Å². The van der Waals surface area contributed by atoms with Gasteiger partial charge in [-0.2, -0.15) is 4.31 Å². The summed E-state index contributed by atoms with van der Waals surface area (Å²) in [6.45, 7) is 2.38. The summed E-state index contributed by atoms with van der Waals surface area (Å²) in [4.78, 5) is 0.283. The first-order chi connectivity index (χ1) is 8.55. The SMILES string of the molecule is COc1ccc(S(=O)(=O)N2CCNCC2)c(Br)c1.Cl. The van der Waals surface area contributed by atoms with Crippen LogP contribution in [0.1, 0.15) is 0 Å². The summed E-state index contributed by atoms with van der Waals surface area (Å²) in [6, 6.07) is 4.88. The number of nitrogens with one attached hydrogen (secondary N) is 1. The highest BCUT2D eigenvalue weighted by molar-refractivity contribution is 9.10. The highest BCUT2D eigenvalue weighted by atomic mass is 79.9. The Morgan fingerprint density at radius 3 is 2.47 bits per heavy atom. The van der Waals surface area contributed by atoms with E-state index in [1.54, 1.807) is 25.3 Å². The van der Waals surface area contributed by atoms with E-state index in [9.17, 15) is 8.42 Å². The molecule has 0 atom stereocenters. The van der Waals surface area contributed by atoms with E-state index in [2.05, 4.69) is 21.2 Å². The molecule has 1 fully saturated rings. The van der Waals surface area contributed by atoms with Gasteiger partial charge in [-0.3, -0.25) is 0 Å². The van der Waals surface area contributed by atoms with Gasteiger partial charge in [-0.1, -0.05) is 0 Å². The number of piperazine rings is 1. The van der Waals surface area contributed by atoms with E-state index in [1.165, 1.54) is 4.31 Å². The van der Waals surface area contributed by atoms with Gasteiger partial charge in [0.25, 0.3) is 0 Å². The lowest BCUT2D eigenvalue weighted by Gasteiger charge is -2.27. The van der Waals surface area contributed by atoms with Crippen molar-refractivity contribution in [2.45, 2.75) is 4.90 Å². The van der Waals surface area contributed by atoms with Crippen molar-refractivity contribution in [3.63, 3.8) is 0 Å². The Morgan fingerprint density at radius 1 is 1.32 bits per heavy atom. The van der Waals surface area contributed by atoms with E-state index in [1.807, 2.05) is 0 Å². The van der Waals surface area contributed by atoms with E-state index in [0.29, 0.717) is 36.4 Å². The molecule has 1 aliphatic heterocycles. The van der Waals surface area contributed by atoms with Gasteiger partial charge >= 0.3 is 0 Å². The lowest BCUT2D eigenvalue weighted by molar-refractivity contribution is 0.360. The number of ether oxygens (including phenoxy) is 1. The van der Waals surface area contributed by atoms with Gasteiger partial charge in [-0.05, 0) is 34.1 Å².